The first-order valence-electron chi connectivity index (χ1n) is 11.0. The second-order valence-corrected chi connectivity index (χ2v) is 10.0. The highest BCUT2D eigenvalue weighted by atomic mass is 35.5. The van der Waals surface area contributed by atoms with Crippen LogP contribution in [0, 0.1) is 12.7 Å². The number of thiocarbonyl (C=S) groups is 1. The van der Waals surface area contributed by atoms with Crippen LogP contribution < -0.4 is 9.47 Å². The second-order valence-electron chi connectivity index (χ2n) is 7.94. The number of carbonyl (C=O) groups is 1. The summed E-state index contributed by atoms with van der Waals surface area (Å²) in [5.41, 5.74) is 3.52. The summed E-state index contributed by atoms with van der Waals surface area (Å²) >= 11 is 13.3. The fraction of sp³-hybridized carbons (Fsp3) is 0.185. The van der Waals surface area contributed by atoms with Crippen molar-refractivity contribution in [3.63, 3.8) is 0 Å². The van der Waals surface area contributed by atoms with Crippen molar-refractivity contribution in [1.82, 2.24) is 4.90 Å². The Morgan fingerprint density at radius 2 is 1.86 bits per heavy atom. The lowest BCUT2D eigenvalue weighted by Gasteiger charge is -2.15. The van der Waals surface area contributed by atoms with Crippen molar-refractivity contribution in [1.29, 1.82) is 0 Å². The van der Waals surface area contributed by atoms with E-state index < -0.39 is 0 Å². The number of hydrogen-bond acceptors (Lipinski definition) is 5. The molecule has 1 aliphatic rings. The van der Waals surface area contributed by atoms with Crippen LogP contribution in [0.15, 0.2) is 65.6 Å². The molecule has 180 valence electrons. The number of carbonyl (C=O) groups excluding carboxylic acids is 1. The van der Waals surface area contributed by atoms with Crippen molar-refractivity contribution >= 4 is 51.9 Å². The Morgan fingerprint density at radius 1 is 1.09 bits per heavy atom. The Morgan fingerprint density at radius 3 is 2.57 bits per heavy atom. The number of rotatable bonds is 8. The van der Waals surface area contributed by atoms with E-state index in [0.29, 0.717) is 50.0 Å². The summed E-state index contributed by atoms with van der Waals surface area (Å²) in [6, 6.07) is 17.7. The van der Waals surface area contributed by atoms with E-state index in [-0.39, 0.29) is 18.3 Å². The van der Waals surface area contributed by atoms with Crippen LogP contribution in [0.4, 0.5) is 4.39 Å². The van der Waals surface area contributed by atoms with Gasteiger partial charge >= 0.3 is 0 Å². The molecule has 1 fully saturated rings. The van der Waals surface area contributed by atoms with Gasteiger partial charge in [-0.05, 0) is 60.9 Å². The molecule has 4 rings (SSSR count). The smallest absolute Gasteiger partial charge is 0.266 e. The summed E-state index contributed by atoms with van der Waals surface area (Å²) in [4.78, 5) is 15.2. The number of ether oxygens (including phenoxy) is 2. The molecular formula is C27H23ClFNO3S2. The molecule has 1 amide bonds. The Labute approximate surface area is 218 Å². The Hall–Kier alpha value is -2.87. The maximum Gasteiger partial charge on any atom is 0.266 e. The quantitative estimate of drug-likeness (QED) is 0.229. The fourth-order valence-electron chi connectivity index (χ4n) is 3.52. The average Bonchev–Trinajstić information content (AvgIpc) is 3.07. The minimum absolute atomic E-state index is 0.134. The molecular weight excluding hydrogens is 505 g/mol. The van der Waals surface area contributed by atoms with Crippen molar-refractivity contribution in [3.05, 3.63) is 98.7 Å². The SMILES string of the molecule is CCOc1cc(/C=C2\SC(=S)N(Cc3ccc(C)cc3)C2=O)cc(Cl)c1OCc1cccc(F)c1. The van der Waals surface area contributed by atoms with Crippen molar-refractivity contribution in [3.8, 4) is 11.5 Å². The Bertz CT molecular complexity index is 1290. The molecule has 3 aromatic rings. The van der Waals surface area contributed by atoms with Crippen molar-refractivity contribution in [2.24, 2.45) is 0 Å². The lowest BCUT2D eigenvalue weighted by Crippen LogP contribution is -2.27. The number of hydrogen-bond donors (Lipinski definition) is 0. The van der Waals surface area contributed by atoms with Gasteiger partial charge in [0.05, 0.1) is 23.1 Å². The van der Waals surface area contributed by atoms with E-state index in [4.69, 9.17) is 33.3 Å². The molecule has 0 N–H and O–H groups in total. The molecule has 0 unspecified atom stereocenters. The molecule has 1 aliphatic heterocycles. The third-order valence-corrected chi connectivity index (χ3v) is 6.90. The third kappa shape index (κ3) is 6.23. The number of amides is 1. The number of thioether (sulfide) groups is 1. The molecule has 1 heterocycles. The average molecular weight is 528 g/mol. The van der Waals surface area contributed by atoms with Gasteiger partial charge in [0, 0.05) is 0 Å². The van der Waals surface area contributed by atoms with Crippen molar-refractivity contribution < 1.29 is 18.7 Å². The highest BCUT2D eigenvalue weighted by molar-refractivity contribution is 8.26. The number of aryl methyl sites for hydroxylation is 1. The van der Waals surface area contributed by atoms with Crippen molar-refractivity contribution in [2.45, 2.75) is 27.0 Å². The number of benzene rings is 3. The highest BCUT2D eigenvalue weighted by Gasteiger charge is 2.32. The lowest BCUT2D eigenvalue weighted by atomic mass is 10.1. The van der Waals surface area contributed by atoms with E-state index in [1.807, 2.05) is 38.1 Å². The van der Waals surface area contributed by atoms with Gasteiger partial charge in [-0.25, -0.2) is 4.39 Å². The van der Waals surface area contributed by atoms with Gasteiger partial charge in [-0.2, -0.15) is 0 Å². The first-order valence-corrected chi connectivity index (χ1v) is 12.6. The number of halogens is 2. The van der Waals surface area contributed by atoms with Crippen LogP contribution in [0.2, 0.25) is 5.02 Å². The van der Waals surface area contributed by atoms with Crippen LogP contribution in [-0.4, -0.2) is 21.7 Å². The minimum atomic E-state index is -0.336. The molecule has 0 aromatic heterocycles. The monoisotopic (exact) mass is 527 g/mol. The van der Waals surface area contributed by atoms with E-state index in [1.165, 1.54) is 23.9 Å². The largest absolute Gasteiger partial charge is 0.490 e. The first kappa shape index (κ1) is 25.2. The first-order chi connectivity index (χ1) is 16.8. The van der Waals surface area contributed by atoms with Crippen LogP contribution in [0.1, 0.15) is 29.2 Å². The Kier molecular flexibility index (Phi) is 8.11. The van der Waals surface area contributed by atoms with Gasteiger partial charge in [-0.15, -0.1) is 0 Å². The van der Waals surface area contributed by atoms with Crippen LogP contribution >= 0.6 is 35.6 Å². The van der Waals surface area contributed by atoms with Gasteiger partial charge in [0.25, 0.3) is 5.91 Å². The molecule has 35 heavy (non-hydrogen) atoms. The molecule has 4 nitrogen and oxygen atoms in total. The summed E-state index contributed by atoms with van der Waals surface area (Å²) in [6.45, 7) is 4.82. The number of nitrogens with zero attached hydrogens (tertiary/aromatic N) is 1. The zero-order valence-corrected chi connectivity index (χ0v) is 21.6. The molecule has 1 saturated heterocycles. The van der Waals surface area contributed by atoms with Gasteiger partial charge in [-0.1, -0.05) is 77.5 Å². The second kappa shape index (κ2) is 11.2. The summed E-state index contributed by atoms with van der Waals surface area (Å²) < 4.78 is 25.6. The normalized spacial score (nSPS) is 14.6. The van der Waals surface area contributed by atoms with E-state index in [0.717, 1.165) is 11.1 Å². The van der Waals surface area contributed by atoms with Gasteiger partial charge in [0.1, 0.15) is 16.7 Å². The molecule has 0 radical (unpaired) electrons. The summed E-state index contributed by atoms with van der Waals surface area (Å²) in [6.07, 6.45) is 1.75. The summed E-state index contributed by atoms with van der Waals surface area (Å²) in [5.74, 6) is 0.318. The molecule has 8 heteroatoms. The zero-order valence-electron chi connectivity index (χ0n) is 19.2. The maximum atomic E-state index is 13.5. The van der Waals surface area contributed by atoms with Crippen molar-refractivity contribution in [2.75, 3.05) is 6.61 Å². The molecule has 3 aromatic carbocycles. The summed E-state index contributed by atoms with van der Waals surface area (Å²) in [5, 5.41) is 0.328. The van der Waals surface area contributed by atoms with Crippen LogP contribution in [-0.2, 0) is 17.9 Å². The van der Waals surface area contributed by atoms with Gasteiger partial charge in [0.15, 0.2) is 11.5 Å². The molecule has 0 saturated carbocycles. The minimum Gasteiger partial charge on any atom is -0.490 e. The van der Waals surface area contributed by atoms with E-state index in [1.54, 1.807) is 35.2 Å². The van der Waals surface area contributed by atoms with Crippen LogP contribution in [0.25, 0.3) is 6.08 Å². The Balaban J connectivity index is 1.55. The predicted octanol–water partition coefficient (Wildman–Crippen LogP) is 7.17. The topological polar surface area (TPSA) is 38.8 Å². The predicted molar refractivity (Wildman–Crippen MR) is 143 cm³/mol. The molecule has 0 bridgehead atoms. The molecule has 0 spiro atoms. The lowest BCUT2D eigenvalue weighted by molar-refractivity contribution is -0.122. The summed E-state index contributed by atoms with van der Waals surface area (Å²) in [7, 11) is 0. The van der Waals surface area contributed by atoms with E-state index in [2.05, 4.69) is 0 Å². The van der Waals surface area contributed by atoms with Crippen LogP contribution in [0.3, 0.4) is 0 Å². The standard InChI is InChI=1S/C27H23ClFNO3S2/c1-3-32-23-13-20(12-22(28)25(23)33-16-19-5-4-6-21(29)11-19)14-24-26(31)30(27(34)35-24)15-18-9-7-17(2)8-10-18/h4-14H,3,15-16H2,1-2H3/b24-14-. The van der Waals surface area contributed by atoms with E-state index >= 15 is 0 Å². The highest BCUT2D eigenvalue weighted by Crippen LogP contribution is 2.40. The third-order valence-electron chi connectivity index (χ3n) is 5.24. The molecule has 0 atom stereocenters. The molecule has 0 aliphatic carbocycles. The van der Waals surface area contributed by atoms with Crippen LogP contribution in [0.5, 0.6) is 11.5 Å². The van der Waals surface area contributed by atoms with E-state index in [9.17, 15) is 9.18 Å². The zero-order chi connectivity index (χ0) is 24.9. The van der Waals surface area contributed by atoms with Gasteiger partial charge in [-0.3, -0.25) is 9.69 Å². The van der Waals surface area contributed by atoms with Gasteiger partial charge < -0.3 is 9.47 Å². The maximum absolute atomic E-state index is 13.5. The fourth-order valence-corrected chi connectivity index (χ4v) is 5.05. The van der Waals surface area contributed by atoms with Gasteiger partial charge in [0.2, 0.25) is 0 Å².